The predicted molar refractivity (Wildman–Crippen MR) is 164 cm³/mol. The van der Waals surface area contributed by atoms with E-state index in [0.29, 0.717) is 82.8 Å². The van der Waals surface area contributed by atoms with E-state index in [1.54, 1.807) is 23.1 Å². The van der Waals surface area contributed by atoms with Gasteiger partial charge in [-0.1, -0.05) is 6.42 Å². The van der Waals surface area contributed by atoms with Crippen molar-refractivity contribution in [1.29, 1.82) is 0 Å². The third-order valence-electron chi connectivity index (χ3n) is 8.79. The summed E-state index contributed by atoms with van der Waals surface area (Å²) in [6, 6.07) is 2.49. The van der Waals surface area contributed by atoms with Crippen LogP contribution in [0.1, 0.15) is 62.2 Å². The van der Waals surface area contributed by atoms with Gasteiger partial charge in [0, 0.05) is 50.3 Å². The van der Waals surface area contributed by atoms with E-state index in [-0.39, 0.29) is 31.4 Å². The lowest BCUT2D eigenvalue weighted by molar-refractivity contribution is -0.140. The molecule has 42 heavy (non-hydrogen) atoms. The normalized spacial score (nSPS) is 26.5. The number of benzene rings is 1. The predicted octanol–water partition coefficient (Wildman–Crippen LogP) is 3.11. The number of aldehydes is 1. The lowest BCUT2D eigenvalue weighted by atomic mass is 9.84. The number of aliphatic hydroxyl groups is 2. The number of nitrogens with one attached hydrogen (secondary N) is 1. The van der Waals surface area contributed by atoms with E-state index in [9.17, 15) is 24.6 Å². The molecule has 10 nitrogen and oxygen atoms in total. The molecule has 3 aliphatic carbocycles. The molecule has 0 spiro atoms. The minimum atomic E-state index is -1.14. The number of halogens is 1. The smallest absolute Gasteiger partial charge is 0.247 e. The summed E-state index contributed by atoms with van der Waals surface area (Å²) in [4.78, 5) is 40.2. The van der Waals surface area contributed by atoms with E-state index in [2.05, 4.69) is 5.32 Å². The maximum Gasteiger partial charge on any atom is 0.247 e. The zero-order valence-corrected chi connectivity index (χ0v) is 26.6. The van der Waals surface area contributed by atoms with Crippen LogP contribution >= 0.6 is 22.6 Å². The van der Waals surface area contributed by atoms with Gasteiger partial charge in [0.15, 0.2) is 11.5 Å². The molecule has 1 aromatic rings. The number of aliphatic hydroxyl groups excluding tert-OH is 2. The number of amides is 2. The van der Waals surface area contributed by atoms with Crippen molar-refractivity contribution in [3.05, 3.63) is 32.9 Å². The molecule has 3 N–H and O–H groups in total. The molecule has 4 rings (SSSR count). The maximum atomic E-state index is 13.9. The van der Waals surface area contributed by atoms with Crippen molar-refractivity contribution in [2.75, 3.05) is 40.0 Å². The Morgan fingerprint density at radius 2 is 2.05 bits per heavy atom. The summed E-state index contributed by atoms with van der Waals surface area (Å²) in [6.45, 7) is 3.22. The molecule has 2 fully saturated rings. The van der Waals surface area contributed by atoms with E-state index in [4.69, 9.17) is 14.2 Å². The van der Waals surface area contributed by atoms with Crippen LogP contribution in [-0.2, 0) is 14.3 Å². The molecule has 232 valence electrons. The van der Waals surface area contributed by atoms with Gasteiger partial charge in [-0.15, -0.1) is 0 Å². The Labute approximate surface area is 261 Å². The van der Waals surface area contributed by atoms with Gasteiger partial charge in [0.1, 0.15) is 18.5 Å². The van der Waals surface area contributed by atoms with Crippen molar-refractivity contribution >= 4 is 40.7 Å². The fourth-order valence-corrected chi connectivity index (χ4v) is 7.52. The molecule has 6 atom stereocenters. The SMILES string of the molecule is CCOCCCN(C(=O)CC1CC2CCC1C2)[C@@H]1CC(C(=O)NCCO)=C[C@H](Oc2c(I)cc(C=O)cc2OC)[C@H]1O. The van der Waals surface area contributed by atoms with E-state index < -0.39 is 18.2 Å². The molecule has 0 aliphatic heterocycles. The topological polar surface area (TPSA) is 135 Å². The summed E-state index contributed by atoms with van der Waals surface area (Å²) < 4.78 is 17.9. The van der Waals surface area contributed by atoms with Gasteiger partial charge in [-0.25, -0.2) is 0 Å². The summed E-state index contributed by atoms with van der Waals surface area (Å²) in [6.07, 6.45) is 6.05. The average Bonchev–Trinajstić information content (AvgIpc) is 3.61. The van der Waals surface area contributed by atoms with Crippen LogP contribution < -0.4 is 14.8 Å². The lowest BCUT2D eigenvalue weighted by Gasteiger charge is -2.41. The molecule has 2 saturated carbocycles. The molecule has 2 amide bonds. The Morgan fingerprint density at radius 3 is 2.69 bits per heavy atom. The van der Waals surface area contributed by atoms with Gasteiger partial charge in [-0.3, -0.25) is 14.4 Å². The number of ether oxygens (including phenoxy) is 3. The van der Waals surface area contributed by atoms with Gasteiger partial charge >= 0.3 is 0 Å². The number of rotatable bonds is 15. The summed E-state index contributed by atoms with van der Waals surface area (Å²) in [7, 11) is 1.46. The van der Waals surface area contributed by atoms with E-state index in [0.717, 1.165) is 6.42 Å². The third-order valence-corrected chi connectivity index (χ3v) is 9.59. The number of hydrogen-bond acceptors (Lipinski definition) is 8. The minimum Gasteiger partial charge on any atom is -0.493 e. The number of carbonyl (C=O) groups is 3. The second kappa shape index (κ2) is 15.5. The molecule has 0 aromatic heterocycles. The molecule has 11 heteroatoms. The van der Waals surface area contributed by atoms with Crippen molar-refractivity contribution in [2.24, 2.45) is 17.8 Å². The van der Waals surface area contributed by atoms with Gasteiger partial charge < -0.3 is 34.6 Å². The lowest BCUT2D eigenvalue weighted by Crippen LogP contribution is -2.55. The Hall–Kier alpha value is -2.22. The van der Waals surface area contributed by atoms with Gasteiger partial charge in [-0.2, -0.15) is 0 Å². The maximum absolute atomic E-state index is 13.9. The molecular formula is C31H43IN2O8. The Morgan fingerprint density at radius 1 is 1.24 bits per heavy atom. The molecule has 0 heterocycles. The number of fused-ring (bicyclic) bond motifs is 2. The first-order chi connectivity index (χ1) is 20.3. The fraction of sp³-hybridized carbons (Fsp3) is 0.645. The van der Waals surface area contributed by atoms with Gasteiger partial charge in [-0.05, 0) is 91.2 Å². The van der Waals surface area contributed by atoms with E-state index >= 15 is 0 Å². The van der Waals surface area contributed by atoms with Crippen molar-refractivity contribution in [2.45, 2.75) is 70.1 Å². The quantitative estimate of drug-likeness (QED) is 0.145. The zero-order valence-electron chi connectivity index (χ0n) is 24.4. The molecular weight excluding hydrogens is 655 g/mol. The van der Waals surface area contributed by atoms with Crippen LogP contribution in [0.15, 0.2) is 23.8 Å². The highest BCUT2D eigenvalue weighted by atomic mass is 127. The molecule has 3 unspecified atom stereocenters. The third kappa shape index (κ3) is 7.83. The van der Waals surface area contributed by atoms with Crippen LogP contribution in [0.25, 0.3) is 0 Å². The first kappa shape index (κ1) is 32.7. The van der Waals surface area contributed by atoms with E-state index in [1.165, 1.54) is 26.4 Å². The Kier molecular flexibility index (Phi) is 12.1. The highest BCUT2D eigenvalue weighted by Crippen LogP contribution is 2.50. The number of carbonyl (C=O) groups excluding carboxylic acids is 3. The van der Waals surface area contributed by atoms with Crippen molar-refractivity contribution in [3.63, 3.8) is 0 Å². The number of hydrogen-bond donors (Lipinski definition) is 3. The van der Waals surface area contributed by atoms with Crippen molar-refractivity contribution in [1.82, 2.24) is 10.2 Å². The summed E-state index contributed by atoms with van der Waals surface area (Å²) >= 11 is 2.04. The van der Waals surface area contributed by atoms with Crippen LogP contribution in [0.4, 0.5) is 0 Å². The molecule has 1 aromatic carbocycles. The summed E-state index contributed by atoms with van der Waals surface area (Å²) in [5.74, 6) is 1.89. The van der Waals surface area contributed by atoms with Crippen LogP contribution in [0, 0.1) is 21.3 Å². The van der Waals surface area contributed by atoms with Crippen LogP contribution in [0.3, 0.4) is 0 Å². The van der Waals surface area contributed by atoms with Gasteiger partial charge in [0.05, 0.1) is 23.3 Å². The number of nitrogens with zero attached hydrogens (tertiary/aromatic N) is 1. The van der Waals surface area contributed by atoms with Gasteiger partial charge in [0.25, 0.3) is 0 Å². The van der Waals surface area contributed by atoms with Crippen LogP contribution in [0.2, 0.25) is 0 Å². The summed E-state index contributed by atoms with van der Waals surface area (Å²) in [5.41, 5.74) is 0.779. The average molecular weight is 699 g/mol. The first-order valence-electron chi connectivity index (χ1n) is 14.9. The van der Waals surface area contributed by atoms with Crippen molar-refractivity contribution < 1.29 is 38.8 Å². The monoisotopic (exact) mass is 698 g/mol. The number of methoxy groups -OCH3 is 1. The molecule has 0 saturated heterocycles. The first-order valence-corrected chi connectivity index (χ1v) is 16.0. The van der Waals surface area contributed by atoms with Crippen molar-refractivity contribution in [3.8, 4) is 11.5 Å². The van der Waals surface area contributed by atoms with E-state index in [1.807, 2.05) is 29.5 Å². The second-order valence-electron chi connectivity index (χ2n) is 11.4. The summed E-state index contributed by atoms with van der Waals surface area (Å²) in [5, 5.41) is 23.7. The highest BCUT2D eigenvalue weighted by molar-refractivity contribution is 14.1. The second-order valence-corrected chi connectivity index (χ2v) is 12.6. The molecule has 0 radical (unpaired) electrons. The Balaban J connectivity index is 1.63. The molecule has 2 bridgehead atoms. The highest BCUT2D eigenvalue weighted by Gasteiger charge is 2.44. The zero-order chi connectivity index (χ0) is 30.2. The Bertz CT molecular complexity index is 1140. The van der Waals surface area contributed by atoms with Gasteiger partial charge in [0.2, 0.25) is 11.8 Å². The largest absolute Gasteiger partial charge is 0.493 e. The minimum absolute atomic E-state index is 0.0219. The fourth-order valence-electron chi connectivity index (χ4n) is 6.76. The molecule has 3 aliphatic rings. The van der Waals surface area contributed by atoms with Crippen LogP contribution in [-0.4, -0.2) is 91.5 Å². The standard InChI is InChI=1S/C31H43IN2O8/c1-3-41-10-4-8-34(28(37)17-22-12-19-5-6-21(22)11-19)25-15-23(31(39)33-7-9-35)16-26(29(25)38)42-30-24(32)13-20(18-36)14-27(30)40-2/h13-14,16,18-19,21-22,25-26,29,35,38H,3-12,15,17H2,1-2H3,(H,33,39)/t19?,21?,22?,25-,26+,29+/m1/s1. The van der Waals surface area contributed by atoms with Crippen LogP contribution in [0.5, 0.6) is 11.5 Å².